The first-order chi connectivity index (χ1) is 11.2. The highest BCUT2D eigenvalue weighted by Crippen LogP contribution is 2.25. The summed E-state index contributed by atoms with van der Waals surface area (Å²) in [5.41, 5.74) is 1.77. The van der Waals surface area contributed by atoms with E-state index in [-0.39, 0.29) is 6.10 Å². The fraction of sp³-hybridized carbons (Fsp3) is 0.368. The van der Waals surface area contributed by atoms with Crippen LogP contribution in [0.15, 0.2) is 42.7 Å². The largest absolute Gasteiger partial charge is 0.393 e. The molecule has 4 heteroatoms. The Balaban J connectivity index is 1.60. The summed E-state index contributed by atoms with van der Waals surface area (Å²) in [5, 5.41) is 13.1. The van der Waals surface area contributed by atoms with Gasteiger partial charge in [0.2, 0.25) is 5.95 Å². The molecule has 118 valence electrons. The summed E-state index contributed by atoms with van der Waals surface area (Å²) >= 11 is 0. The second-order valence-electron chi connectivity index (χ2n) is 6.11. The number of nitrogens with one attached hydrogen (secondary N) is 1. The van der Waals surface area contributed by atoms with E-state index in [1.807, 2.05) is 30.3 Å². The van der Waals surface area contributed by atoms with Gasteiger partial charge in [0.05, 0.1) is 11.7 Å². The van der Waals surface area contributed by atoms with E-state index in [0.29, 0.717) is 17.9 Å². The maximum Gasteiger partial charge on any atom is 0.222 e. The molecule has 1 aliphatic carbocycles. The van der Waals surface area contributed by atoms with Crippen LogP contribution in [-0.4, -0.2) is 27.2 Å². The standard InChI is InChI=1S/C19H21N3O/c1-14-11-17(9-10-18(14)23)22-19-20-12-16(13-21-19)8-7-15-5-3-2-4-6-15/h2-6,12-14,17-18,23H,9-11H2,1H3,(H,20,21,22). The average Bonchev–Trinajstić information content (AvgIpc) is 2.58. The number of aliphatic hydroxyl groups excluding tert-OH is 1. The lowest BCUT2D eigenvalue weighted by molar-refractivity contribution is 0.0747. The van der Waals surface area contributed by atoms with E-state index in [1.165, 1.54) is 0 Å². The third-order valence-corrected chi connectivity index (χ3v) is 4.23. The number of hydrogen-bond acceptors (Lipinski definition) is 4. The van der Waals surface area contributed by atoms with Gasteiger partial charge in [-0.15, -0.1) is 0 Å². The first kappa shape index (κ1) is 15.5. The van der Waals surface area contributed by atoms with Crippen LogP contribution in [0.25, 0.3) is 0 Å². The van der Waals surface area contributed by atoms with Crippen molar-refractivity contribution >= 4 is 5.95 Å². The minimum Gasteiger partial charge on any atom is -0.393 e. The minimum absolute atomic E-state index is 0.176. The monoisotopic (exact) mass is 307 g/mol. The number of rotatable bonds is 2. The van der Waals surface area contributed by atoms with E-state index in [1.54, 1.807) is 12.4 Å². The SMILES string of the molecule is CC1CC(Nc2ncc(C#Cc3ccccc3)cn2)CCC1O. The van der Waals surface area contributed by atoms with Crippen LogP contribution < -0.4 is 5.32 Å². The van der Waals surface area contributed by atoms with Crippen molar-refractivity contribution in [2.45, 2.75) is 38.3 Å². The van der Waals surface area contributed by atoms with Crippen LogP contribution in [0.3, 0.4) is 0 Å². The van der Waals surface area contributed by atoms with Crippen molar-refractivity contribution in [1.29, 1.82) is 0 Å². The van der Waals surface area contributed by atoms with Gasteiger partial charge in [-0.05, 0) is 37.3 Å². The van der Waals surface area contributed by atoms with Crippen molar-refractivity contribution in [3.8, 4) is 11.8 Å². The van der Waals surface area contributed by atoms with Crippen molar-refractivity contribution < 1.29 is 5.11 Å². The summed E-state index contributed by atoms with van der Waals surface area (Å²) in [5.74, 6) is 7.11. The molecule has 0 radical (unpaired) electrons. The molecule has 1 heterocycles. The second-order valence-corrected chi connectivity index (χ2v) is 6.11. The second kappa shape index (κ2) is 7.26. The van der Waals surface area contributed by atoms with Gasteiger partial charge in [0, 0.05) is 24.0 Å². The van der Waals surface area contributed by atoms with E-state index >= 15 is 0 Å². The molecule has 23 heavy (non-hydrogen) atoms. The highest BCUT2D eigenvalue weighted by Gasteiger charge is 2.26. The molecule has 1 aromatic heterocycles. The molecule has 3 atom stereocenters. The summed E-state index contributed by atoms with van der Waals surface area (Å²) in [6.45, 7) is 2.08. The summed E-state index contributed by atoms with van der Waals surface area (Å²) in [7, 11) is 0. The zero-order valence-electron chi connectivity index (χ0n) is 13.2. The first-order valence-corrected chi connectivity index (χ1v) is 8.04. The fourth-order valence-corrected chi connectivity index (χ4v) is 2.83. The number of nitrogens with zero attached hydrogens (tertiary/aromatic N) is 2. The van der Waals surface area contributed by atoms with Gasteiger partial charge in [0.15, 0.2) is 0 Å². The van der Waals surface area contributed by atoms with Crippen molar-refractivity contribution in [2.75, 3.05) is 5.32 Å². The van der Waals surface area contributed by atoms with E-state index in [0.717, 1.165) is 30.4 Å². The Labute approximate surface area is 137 Å². The van der Waals surface area contributed by atoms with Crippen LogP contribution in [0, 0.1) is 17.8 Å². The van der Waals surface area contributed by atoms with Crippen molar-refractivity contribution in [1.82, 2.24) is 9.97 Å². The van der Waals surface area contributed by atoms with Crippen LogP contribution in [-0.2, 0) is 0 Å². The molecule has 3 rings (SSSR count). The van der Waals surface area contributed by atoms with Gasteiger partial charge in [0.1, 0.15) is 0 Å². The minimum atomic E-state index is -0.176. The highest BCUT2D eigenvalue weighted by atomic mass is 16.3. The maximum atomic E-state index is 9.78. The maximum absolute atomic E-state index is 9.78. The smallest absolute Gasteiger partial charge is 0.222 e. The highest BCUT2D eigenvalue weighted by molar-refractivity contribution is 5.42. The zero-order valence-corrected chi connectivity index (χ0v) is 13.2. The van der Waals surface area contributed by atoms with Crippen molar-refractivity contribution in [3.63, 3.8) is 0 Å². The van der Waals surface area contributed by atoms with Gasteiger partial charge in [-0.25, -0.2) is 9.97 Å². The molecule has 2 N–H and O–H groups in total. The number of hydrogen-bond donors (Lipinski definition) is 2. The molecule has 2 aromatic rings. The molecule has 0 saturated heterocycles. The lowest BCUT2D eigenvalue weighted by atomic mass is 9.85. The lowest BCUT2D eigenvalue weighted by Gasteiger charge is -2.31. The van der Waals surface area contributed by atoms with Crippen LogP contribution in [0.5, 0.6) is 0 Å². The van der Waals surface area contributed by atoms with E-state index < -0.39 is 0 Å². The molecule has 1 saturated carbocycles. The number of anilines is 1. The molecule has 0 spiro atoms. The molecule has 0 bridgehead atoms. The molecule has 0 aliphatic heterocycles. The van der Waals surface area contributed by atoms with Gasteiger partial charge in [-0.3, -0.25) is 0 Å². The van der Waals surface area contributed by atoms with Crippen LogP contribution >= 0.6 is 0 Å². The topological polar surface area (TPSA) is 58.0 Å². The summed E-state index contributed by atoms with van der Waals surface area (Å²) in [4.78, 5) is 8.68. The fourth-order valence-electron chi connectivity index (χ4n) is 2.83. The Bertz CT molecular complexity index is 688. The first-order valence-electron chi connectivity index (χ1n) is 8.04. The zero-order chi connectivity index (χ0) is 16.1. The average molecular weight is 307 g/mol. The van der Waals surface area contributed by atoms with Gasteiger partial charge < -0.3 is 10.4 Å². The van der Waals surface area contributed by atoms with Gasteiger partial charge in [-0.1, -0.05) is 37.0 Å². The van der Waals surface area contributed by atoms with Crippen molar-refractivity contribution in [3.05, 3.63) is 53.9 Å². The van der Waals surface area contributed by atoms with Crippen LogP contribution in [0.4, 0.5) is 5.95 Å². The van der Waals surface area contributed by atoms with Gasteiger partial charge >= 0.3 is 0 Å². The molecule has 1 fully saturated rings. The Morgan fingerprint density at radius 2 is 1.74 bits per heavy atom. The molecule has 1 aliphatic rings. The summed E-state index contributed by atoms with van der Waals surface area (Å²) < 4.78 is 0. The Morgan fingerprint density at radius 3 is 2.43 bits per heavy atom. The molecular weight excluding hydrogens is 286 g/mol. The Morgan fingerprint density at radius 1 is 1.04 bits per heavy atom. The third kappa shape index (κ3) is 4.30. The van der Waals surface area contributed by atoms with Crippen molar-refractivity contribution in [2.24, 2.45) is 5.92 Å². The molecular formula is C19H21N3O. The molecule has 3 unspecified atom stereocenters. The van der Waals surface area contributed by atoms with Gasteiger partial charge in [-0.2, -0.15) is 0 Å². The Hall–Kier alpha value is -2.38. The Kier molecular flexibility index (Phi) is 4.89. The predicted octanol–water partition coefficient (Wildman–Crippen LogP) is 2.84. The summed E-state index contributed by atoms with van der Waals surface area (Å²) in [6.07, 6.45) is 6.03. The number of benzene rings is 1. The van der Waals surface area contributed by atoms with E-state index in [2.05, 4.69) is 34.0 Å². The number of aliphatic hydroxyl groups is 1. The quantitative estimate of drug-likeness (QED) is 0.838. The normalized spacial score (nSPS) is 23.7. The lowest BCUT2D eigenvalue weighted by Crippen LogP contribution is -2.34. The summed E-state index contributed by atoms with van der Waals surface area (Å²) in [6, 6.07) is 10.2. The van der Waals surface area contributed by atoms with E-state index in [4.69, 9.17) is 0 Å². The molecule has 1 aromatic carbocycles. The van der Waals surface area contributed by atoms with Gasteiger partial charge in [0.25, 0.3) is 0 Å². The van der Waals surface area contributed by atoms with E-state index in [9.17, 15) is 5.11 Å². The molecule has 4 nitrogen and oxygen atoms in total. The predicted molar refractivity (Wildman–Crippen MR) is 90.9 cm³/mol. The van der Waals surface area contributed by atoms with Crippen LogP contribution in [0.1, 0.15) is 37.3 Å². The number of aromatic nitrogens is 2. The third-order valence-electron chi connectivity index (χ3n) is 4.23. The van der Waals surface area contributed by atoms with Crippen LogP contribution in [0.2, 0.25) is 0 Å². The molecule has 0 amide bonds.